The Kier molecular flexibility index (Phi) is 4.69. The molecule has 1 unspecified atom stereocenters. The number of rotatable bonds is 4. The molecule has 4 rings (SSSR count). The lowest BCUT2D eigenvalue weighted by molar-refractivity contribution is 0.0695. The number of aromatic nitrogens is 2. The Balaban J connectivity index is 1.63. The van der Waals surface area contributed by atoms with Crippen molar-refractivity contribution < 1.29 is 15.0 Å². The second kappa shape index (κ2) is 7.31. The largest absolute Gasteiger partial charge is 0.507 e. The van der Waals surface area contributed by atoms with Crippen LogP contribution in [0.15, 0.2) is 54.6 Å². The van der Waals surface area contributed by atoms with Crippen LogP contribution in [-0.4, -0.2) is 39.2 Å². The van der Waals surface area contributed by atoms with Crippen molar-refractivity contribution in [2.75, 3.05) is 18.0 Å². The second-order valence-corrected chi connectivity index (χ2v) is 7.03. The Morgan fingerprint density at radius 1 is 1.11 bits per heavy atom. The molecule has 3 aromatic rings. The van der Waals surface area contributed by atoms with E-state index in [1.165, 1.54) is 0 Å². The summed E-state index contributed by atoms with van der Waals surface area (Å²) in [5, 5.41) is 19.6. The highest BCUT2D eigenvalue weighted by molar-refractivity contribution is 5.89. The Labute approximate surface area is 163 Å². The molecule has 2 heterocycles. The van der Waals surface area contributed by atoms with Gasteiger partial charge in [0.15, 0.2) is 5.82 Å². The highest BCUT2D eigenvalue weighted by Gasteiger charge is 2.28. The molecule has 6 nitrogen and oxygen atoms in total. The summed E-state index contributed by atoms with van der Waals surface area (Å²) in [4.78, 5) is 22.9. The molecule has 1 saturated heterocycles. The number of hydrogen-bond donors (Lipinski definition) is 2. The lowest BCUT2D eigenvalue weighted by Gasteiger charge is -2.19. The van der Waals surface area contributed by atoms with Crippen molar-refractivity contribution in [3.8, 4) is 17.1 Å². The third-order valence-electron chi connectivity index (χ3n) is 5.13. The minimum absolute atomic E-state index is 0.135. The van der Waals surface area contributed by atoms with Crippen molar-refractivity contribution in [3.05, 3.63) is 71.4 Å². The normalized spacial score (nSPS) is 16.3. The van der Waals surface area contributed by atoms with Crippen LogP contribution in [0.25, 0.3) is 11.4 Å². The molecule has 1 aliphatic heterocycles. The minimum Gasteiger partial charge on any atom is -0.507 e. The number of para-hydroxylation sites is 1. The van der Waals surface area contributed by atoms with Gasteiger partial charge in [0.25, 0.3) is 0 Å². The first-order chi connectivity index (χ1) is 13.5. The van der Waals surface area contributed by atoms with Crippen molar-refractivity contribution in [1.82, 2.24) is 9.97 Å². The number of carboxylic acid groups (broad SMARTS) is 1. The van der Waals surface area contributed by atoms with E-state index in [9.17, 15) is 15.0 Å². The van der Waals surface area contributed by atoms with Crippen LogP contribution in [-0.2, 0) is 0 Å². The number of carboxylic acids is 1. The third kappa shape index (κ3) is 3.41. The summed E-state index contributed by atoms with van der Waals surface area (Å²) in [5.41, 5.74) is 2.64. The first-order valence-corrected chi connectivity index (χ1v) is 9.24. The van der Waals surface area contributed by atoms with E-state index in [1.807, 2.05) is 31.2 Å². The molecule has 2 aromatic carbocycles. The van der Waals surface area contributed by atoms with E-state index in [0.29, 0.717) is 23.5 Å². The fourth-order valence-corrected chi connectivity index (χ4v) is 3.77. The maximum absolute atomic E-state index is 11.6. The number of benzene rings is 2. The molecule has 0 bridgehead atoms. The zero-order chi connectivity index (χ0) is 19.7. The highest BCUT2D eigenvalue weighted by Crippen LogP contribution is 2.33. The van der Waals surface area contributed by atoms with Crippen LogP contribution >= 0.6 is 0 Å². The summed E-state index contributed by atoms with van der Waals surface area (Å²) >= 11 is 0. The number of aryl methyl sites for hydroxylation is 1. The van der Waals surface area contributed by atoms with E-state index in [1.54, 1.807) is 30.3 Å². The number of anilines is 1. The first kappa shape index (κ1) is 18.0. The summed E-state index contributed by atoms with van der Waals surface area (Å²) in [5.74, 6) is 0.669. The van der Waals surface area contributed by atoms with Gasteiger partial charge < -0.3 is 15.1 Å². The molecule has 0 amide bonds. The molecular weight excluding hydrogens is 354 g/mol. The molecule has 0 radical (unpaired) electrons. The average molecular weight is 375 g/mol. The SMILES string of the molecule is Cc1cc(N2CCC(c3ccccc3C(=O)O)C2)nc(-c2ccccc2O)n1. The maximum Gasteiger partial charge on any atom is 0.335 e. The van der Waals surface area contributed by atoms with Crippen molar-refractivity contribution in [3.63, 3.8) is 0 Å². The summed E-state index contributed by atoms with van der Waals surface area (Å²) in [6, 6.07) is 16.1. The number of aromatic carboxylic acids is 1. The molecule has 0 saturated carbocycles. The zero-order valence-electron chi connectivity index (χ0n) is 15.5. The lowest BCUT2D eigenvalue weighted by atomic mass is 9.93. The molecule has 1 fully saturated rings. The molecule has 1 atom stereocenters. The monoisotopic (exact) mass is 375 g/mol. The van der Waals surface area contributed by atoms with E-state index in [0.717, 1.165) is 30.0 Å². The van der Waals surface area contributed by atoms with Gasteiger partial charge in [-0.2, -0.15) is 0 Å². The number of phenolic OH excluding ortho intramolecular Hbond substituents is 1. The number of phenols is 1. The fourth-order valence-electron chi connectivity index (χ4n) is 3.77. The second-order valence-electron chi connectivity index (χ2n) is 7.03. The van der Waals surface area contributed by atoms with Crippen LogP contribution in [0.2, 0.25) is 0 Å². The van der Waals surface area contributed by atoms with Crippen molar-refractivity contribution in [2.24, 2.45) is 0 Å². The van der Waals surface area contributed by atoms with Gasteiger partial charge in [0.05, 0.1) is 11.1 Å². The van der Waals surface area contributed by atoms with Gasteiger partial charge in [0.1, 0.15) is 11.6 Å². The first-order valence-electron chi connectivity index (χ1n) is 9.24. The molecule has 28 heavy (non-hydrogen) atoms. The van der Waals surface area contributed by atoms with Crippen LogP contribution < -0.4 is 4.90 Å². The summed E-state index contributed by atoms with van der Waals surface area (Å²) in [6.45, 7) is 3.39. The summed E-state index contributed by atoms with van der Waals surface area (Å²) in [6.07, 6.45) is 0.860. The van der Waals surface area contributed by atoms with E-state index >= 15 is 0 Å². The topological polar surface area (TPSA) is 86.6 Å². The molecular formula is C22H21N3O3. The predicted octanol–water partition coefficient (Wildman–Crippen LogP) is 3.85. The van der Waals surface area contributed by atoms with Gasteiger partial charge in [-0.15, -0.1) is 0 Å². The molecule has 6 heteroatoms. The maximum atomic E-state index is 11.6. The van der Waals surface area contributed by atoms with Gasteiger partial charge in [-0.3, -0.25) is 0 Å². The van der Waals surface area contributed by atoms with Crippen molar-refractivity contribution >= 4 is 11.8 Å². The van der Waals surface area contributed by atoms with Crippen molar-refractivity contribution in [1.29, 1.82) is 0 Å². The van der Waals surface area contributed by atoms with Crippen molar-refractivity contribution in [2.45, 2.75) is 19.3 Å². The van der Waals surface area contributed by atoms with Gasteiger partial charge in [-0.1, -0.05) is 30.3 Å². The van der Waals surface area contributed by atoms with E-state index < -0.39 is 5.97 Å². The van der Waals surface area contributed by atoms with Gasteiger partial charge in [-0.05, 0) is 37.1 Å². The number of carbonyl (C=O) groups is 1. The Morgan fingerprint density at radius 3 is 2.64 bits per heavy atom. The van der Waals surface area contributed by atoms with Crippen LogP contribution in [0.1, 0.15) is 34.0 Å². The van der Waals surface area contributed by atoms with Gasteiger partial charge >= 0.3 is 5.97 Å². The molecule has 2 N–H and O–H groups in total. The van der Waals surface area contributed by atoms with E-state index in [4.69, 9.17) is 0 Å². The van der Waals surface area contributed by atoms with Crippen LogP contribution in [0.3, 0.4) is 0 Å². The average Bonchev–Trinajstić information content (AvgIpc) is 3.18. The molecule has 0 aliphatic carbocycles. The zero-order valence-corrected chi connectivity index (χ0v) is 15.5. The van der Waals surface area contributed by atoms with Gasteiger partial charge in [0.2, 0.25) is 0 Å². The standard InChI is InChI=1S/C22H21N3O3/c1-14-12-20(24-21(23-14)18-8-4-5-9-19(18)26)25-11-10-15(13-25)16-6-2-3-7-17(16)22(27)28/h2-9,12,15,26H,10-11,13H2,1H3,(H,27,28). The number of aromatic hydroxyl groups is 1. The fraction of sp³-hybridized carbons (Fsp3) is 0.227. The van der Waals surface area contributed by atoms with E-state index in [-0.39, 0.29) is 11.7 Å². The summed E-state index contributed by atoms with van der Waals surface area (Å²) < 4.78 is 0. The number of nitrogens with zero attached hydrogens (tertiary/aromatic N) is 3. The minimum atomic E-state index is -0.895. The predicted molar refractivity (Wildman–Crippen MR) is 107 cm³/mol. The number of hydrogen-bond acceptors (Lipinski definition) is 5. The van der Waals surface area contributed by atoms with Crippen LogP contribution in [0.4, 0.5) is 5.82 Å². The van der Waals surface area contributed by atoms with Gasteiger partial charge in [-0.25, -0.2) is 14.8 Å². The smallest absolute Gasteiger partial charge is 0.335 e. The molecule has 142 valence electrons. The quantitative estimate of drug-likeness (QED) is 0.720. The van der Waals surface area contributed by atoms with Crippen LogP contribution in [0.5, 0.6) is 5.75 Å². The van der Waals surface area contributed by atoms with E-state index in [2.05, 4.69) is 14.9 Å². The molecule has 1 aliphatic rings. The third-order valence-corrected chi connectivity index (χ3v) is 5.13. The molecule has 1 aromatic heterocycles. The Morgan fingerprint density at radius 2 is 1.86 bits per heavy atom. The Hall–Kier alpha value is -3.41. The molecule has 0 spiro atoms. The summed E-state index contributed by atoms with van der Waals surface area (Å²) in [7, 11) is 0. The highest BCUT2D eigenvalue weighted by atomic mass is 16.4. The lowest BCUT2D eigenvalue weighted by Crippen LogP contribution is -2.21. The van der Waals surface area contributed by atoms with Crippen LogP contribution in [0, 0.1) is 6.92 Å². The van der Waals surface area contributed by atoms with Gasteiger partial charge in [0, 0.05) is 30.8 Å². The Bertz CT molecular complexity index is 1040.